The van der Waals surface area contributed by atoms with E-state index in [0.29, 0.717) is 11.3 Å². The first-order valence-corrected chi connectivity index (χ1v) is 7.91. The second-order valence-electron chi connectivity index (χ2n) is 5.57. The van der Waals surface area contributed by atoms with Gasteiger partial charge in [0.05, 0.1) is 11.0 Å². The summed E-state index contributed by atoms with van der Waals surface area (Å²) in [4.78, 5) is 18.3. The van der Waals surface area contributed by atoms with Crippen LogP contribution in [0.1, 0.15) is 0 Å². The maximum atomic E-state index is 10.6. The lowest BCUT2D eigenvalue weighted by Gasteiger charge is -2.05. The van der Waals surface area contributed by atoms with Crippen molar-refractivity contribution in [3.05, 3.63) is 72.8 Å². The largest absolute Gasteiger partial charge is 0.511 e. The molecule has 2 N–H and O–H groups in total. The number of ether oxygens (including phenoxy) is 2. The summed E-state index contributed by atoms with van der Waals surface area (Å²) in [6.45, 7) is 0. The Labute approximate surface area is 148 Å². The van der Waals surface area contributed by atoms with E-state index in [0.717, 1.165) is 22.6 Å². The highest BCUT2D eigenvalue weighted by molar-refractivity contribution is 5.81. The Balaban J connectivity index is 1.58. The van der Waals surface area contributed by atoms with E-state index in [2.05, 4.69) is 14.7 Å². The number of para-hydroxylation sites is 1. The highest BCUT2D eigenvalue weighted by Crippen LogP contribution is 2.27. The number of carbonyl (C=O) groups is 1. The minimum atomic E-state index is -1.35. The molecule has 0 amide bonds. The van der Waals surface area contributed by atoms with E-state index in [1.807, 2.05) is 54.6 Å². The van der Waals surface area contributed by atoms with E-state index in [1.165, 1.54) is 0 Å². The topological polar surface area (TPSA) is 84.4 Å². The van der Waals surface area contributed by atoms with E-state index in [4.69, 9.17) is 9.84 Å². The molecule has 3 aromatic carbocycles. The van der Waals surface area contributed by atoms with Gasteiger partial charge in [0, 0.05) is 11.6 Å². The number of carboxylic acid groups (broad SMARTS) is 1. The van der Waals surface area contributed by atoms with Crippen LogP contribution >= 0.6 is 0 Å². The van der Waals surface area contributed by atoms with Crippen LogP contribution in [-0.4, -0.2) is 21.2 Å². The monoisotopic (exact) mass is 346 g/mol. The third-order valence-electron chi connectivity index (χ3n) is 3.77. The molecule has 0 atom stereocenters. The maximum absolute atomic E-state index is 10.6. The molecule has 0 bridgehead atoms. The van der Waals surface area contributed by atoms with E-state index in [9.17, 15) is 4.79 Å². The Morgan fingerprint density at radius 2 is 1.58 bits per heavy atom. The SMILES string of the molecule is O=C(O)Oc1ccc2nc(-c3ccc(Oc4ccccc4)cc3)[nH]c2c1. The summed E-state index contributed by atoms with van der Waals surface area (Å²) in [7, 11) is 0. The molecule has 4 aromatic rings. The molecule has 0 saturated carbocycles. The average Bonchev–Trinajstić information content (AvgIpc) is 3.06. The highest BCUT2D eigenvalue weighted by Gasteiger charge is 2.08. The van der Waals surface area contributed by atoms with Gasteiger partial charge in [-0.05, 0) is 48.5 Å². The number of rotatable bonds is 4. The van der Waals surface area contributed by atoms with Crippen LogP contribution in [-0.2, 0) is 0 Å². The number of aromatic amines is 1. The first-order chi connectivity index (χ1) is 12.7. The quantitative estimate of drug-likeness (QED) is 0.398. The van der Waals surface area contributed by atoms with Gasteiger partial charge in [-0.15, -0.1) is 0 Å². The zero-order valence-corrected chi connectivity index (χ0v) is 13.5. The molecule has 26 heavy (non-hydrogen) atoms. The van der Waals surface area contributed by atoms with Crippen LogP contribution < -0.4 is 9.47 Å². The number of nitrogens with one attached hydrogen (secondary N) is 1. The van der Waals surface area contributed by atoms with Crippen LogP contribution in [0.25, 0.3) is 22.4 Å². The van der Waals surface area contributed by atoms with Gasteiger partial charge in [-0.25, -0.2) is 9.78 Å². The second kappa shape index (κ2) is 6.60. The van der Waals surface area contributed by atoms with Gasteiger partial charge < -0.3 is 19.6 Å². The fourth-order valence-electron chi connectivity index (χ4n) is 2.60. The number of nitrogens with zero attached hydrogens (tertiary/aromatic N) is 1. The first kappa shape index (κ1) is 15.7. The summed E-state index contributed by atoms with van der Waals surface area (Å²) in [6, 6.07) is 22.0. The molecule has 1 aromatic heterocycles. The Bertz CT molecular complexity index is 1060. The van der Waals surface area contributed by atoms with Crippen molar-refractivity contribution in [2.75, 3.05) is 0 Å². The van der Waals surface area contributed by atoms with Crippen LogP contribution in [0.4, 0.5) is 4.79 Å². The van der Waals surface area contributed by atoms with Crippen LogP contribution in [0.2, 0.25) is 0 Å². The molecule has 0 aliphatic rings. The molecule has 0 aliphatic heterocycles. The van der Waals surface area contributed by atoms with Crippen LogP contribution in [0, 0.1) is 0 Å². The van der Waals surface area contributed by atoms with Gasteiger partial charge in [0.1, 0.15) is 23.1 Å². The van der Waals surface area contributed by atoms with E-state index in [1.54, 1.807) is 18.2 Å². The number of fused-ring (bicyclic) bond motifs is 1. The molecule has 0 fully saturated rings. The van der Waals surface area contributed by atoms with Gasteiger partial charge in [0.15, 0.2) is 0 Å². The van der Waals surface area contributed by atoms with Gasteiger partial charge in [-0.3, -0.25) is 0 Å². The molecule has 0 spiro atoms. The second-order valence-corrected chi connectivity index (χ2v) is 5.57. The molecule has 6 nitrogen and oxygen atoms in total. The minimum Gasteiger partial charge on any atom is -0.457 e. The zero-order chi connectivity index (χ0) is 17.9. The van der Waals surface area contributed by atoms with Crippen LogP contribution in [0.3, 0.4) is 0 Å². The van der Waals surface area contributed by atoms with Crippen molar-refractivity contribution in [2.45, 2.75) is 0 Å². The van der Waals surface area contributed by atoms with Gasteiger partial charge in [0.2, 0.25) is 0 Å². The lowest BCUT2D eigenvalue weighted by molar-refractivity contribution is 0.144. The molecule has 4 rings (SSSR count). The Morgan fingerprint density at radius 3 is 2.31 bits per heavy atom. The fourth-order valence-corrected chi connectivity index (χ4v) is 2.60. The van der Waals surface area contributed by atoms with Crippen molar-refractivity contribution < 1.29 is 19.4 Å². The summed E-state index contributed by atoms with van der Waals surface area (Å²) in [5, 5.41) is 8.69. The summed E-state index contributed by atoms with van der Waals surface area (Å²) < 4.78 is 10.4. The van der Waals surface area contributed by atoms with Crippen molar-refractivity contribution in [2.24, 2.45) is 0 Å². The highest BCUT2D eigenvalue weighted by atomic mass is 16.7. The van der Waals surface area contributed by atoms with Crippen molar-refractivity contribution in [3.63, 3.8) is 0 Å². The first-order valence-electron chi connectivity index (χ1n) is 7.91. The summed E-state index contributed by atoms with van der Waals surface area (Å²) in [5.41, 5.74) is 2.31. The van der Waals surface area contributed by atoms with Gasteiger partial charge in [-0.2, -0.15) is 0 Å². The number of benzene rings is 3. The normalized spacial score (nSPS) is 10.6. The van der Waals surface area contributed by atoms with Crippen molar-refractivity contribution >= 4 is 17.2 Å². The summed E-state index contributed by atoms with van der Waals surface area (Å²) in [6.07, 6.45) is -1.35. The molecular formula is C20H14N2O4. The molecule has 0 unspecified atom stereocenters. The van der Waals surface area contributed by atoms with E-state index >= 15 is 0 Å². The van der Waals surface area contributed by atoms with Crippen LogP contribution in [0.5, 0.6) is 17.2 Å². The van der Waals surface area contributed by atoms with E-state index in [-0.39, 0.29) is 5.75 Å². The Hall–Kier alpha value is -3.80. The predicted octanol–water partition coefficient (Wildman–Crippen LogP) is 5.08. The Morgan fingerprint density at radius 1 is 0.885 bits per heavy atom. The standard InChI is InChI=1S/C20H14N2O4/c23-20(24)26-16-10-11-17-18(12-16)22-19(21-17)13-6-8-15(9-7-13)25-14-4-2-1-3-5-14/h1-12H,(H,21,22)(H,23,24). The molecule has 6 heteroatoms. The van der Waals surface area contributed by atoms with Gasteiger partial charge >= 0.3 is 6.16 Å². The number of imidazole rings is 1. The van der Waals surface area contributed by atoms with Gasteiger partial charge in [-0.1, -0.05) is 18.2 Å². The number of H-pyrrole nitrogens is 1. The Kier molecular flexibility index (Phi) is 3.99. The zero-order valence-electron chi connectivity index (χ0n) is 13.5. The molecule has 0 aliphatic carbocycles. The lowest BCUT2D eigenvalue weighted by Crippen LogP contribution is -2.02. The molecule has 1 heterocycles. The van der Waals surface area contributed by atoms with Crippen molar-refractivity contribution in [1.82, 2.24) is 9.97 Å². The summed E-state index contributed by atoms with van der Waals surface area (Å²) in [5.74, 6) is 2.42. The number of hydrogen-bond acceptors (Lipinski definition) is 4. The van der Waals surface area contributed by atoms with Crippen LogP contribution in [0.15, 0.2) is 72.8 Å². The average molecular weight is 346 g/mol. The minimum absolute atomic E-state index is 0.242. The third kappa shape index (κ3) is 3.34. The fraction of sp³-hybridized carbons (Fsp3) is 0. The smallest absolute Gasteiger partial charge is 0.457 e. The maximum Gasteiger partial charge on any atom is 0.511 e. The third-order valence-corrected chi connectivity index (χ3v) is 3.77. The number of aromatic nitrogens is 2. The van der Waals surface area contributed by atoms with Gasteiger partial charge in [0.25, 0.3) is 0 Å². The molecule has 0 saturated heterocycles. The number of hydrogen-bond donors (Lipinski definition) is 2. The van der Waals surface area contributed by atoms with E-state index < -0.39 is 6.16 Å². The molecule has 0 radical (unpaired) electrons. The van der Waals surface area contributed by atoms with Crippen molar-refractivity contribution in [1.29, 1.82) is 0 Å². The predicted molar refractivity (Wildman–Crippen MR) is 96.7 cm³/mol. The molecular weight excluding hydrogens is 332 g/mol. The molecule has 128 valence electrons. The van der Waals surface area contributed by atoms with Crippen molar-refractivity contribution in [3.8, 4) is 28.6 Å². The lowest BCUT2D eigenvalue weighted by atomic mass is 10.2. The summed E-state index contributed by atoms with van der Waals surface area (Å²) >= 11 is 0.